The Bertz CT molecular complexity index is 1200. The number of piperazine rings is 1. The number of halogens is 3. The first-order valence-electron chi connectivity index (χ1n) is 13.0. The highest BCUT2D eigenvalue weighted by Gasteiger charge is 2.33. The predicted octanol–water partition coefficient (Wildman–Crippen LogP) is 4.41. The lowest BCUT2D eigenvalue weighted by Gasteiger charge is -2.37. The molecule has 0 N–H and O–H groups in total. The number of amides is 1. The van der Waals surface area contributed by atoms with Crippen molar-refractivity contribution in [3.05, 3.63) is 45.2 Å². The number of likely N-dealkylation sites (N-methyl/N-ethyl adjacent to an activating group) is 2. The second kappa shape index (κ2) is 11.5. The van der Waals surface area contributed by atoms with Crippen molar-refractivity contribution in [2.45, 2.75) is 63.9 Å². The molecule has 1 amide bonds. The second-order valence-electron chi connectivity index (χ2n) is 11.2. The maximum absolute atomic E-state index is 13.6. The van der Waals surface area contributed by atoms with E-state index in [4.69, 9.17) is 9.47 Å². The van der Waals surface area contributed by atoms with Crippen LogP contribution in [0.1, 0.15) is 54.4 Å². The number of carbonyl (C=O) groups excluding carboxylic acids is 1. The van der Waals surface area contributed by atoms with E-state index in [-0.39, 0.29) is 35.5 Å². The Labute approximate surface area is 225 Å². The predicted molar refractivity (Wildman–Crippen MR) is 141 cm³/mol. The largest absolute Gasteiger partial charge is 0.491 e. The lowest BCUT2D eigenvalue weighted by molar-refractivity contribution is -0.137. The molecule has 0 bridgehead atoms. The van der Waals surface area contributed by atoms with E-state index >= 15 is 0 Å². The first-order valence-corrected chi connectivity index (χ1v) is 13.8. The molecule has 3 heterocycles. The molecule has 2 aliphatic heterocycles. The van der Waals surface area contributed by atoms with Crippen molar-refractivity contribution in [1.29, 1.82) is 0 Å². The summed E-state index contributed by atoms with van der Waals surface area (Å²) in [4.78, 5) is 23.6. The molecule has 1 aromatic carbocycles. The number of carbonyl (C=O) groups is 1. The number of nitrogens with zero attached hydrogens (tertiary/aromatic N) is 4. The molecule has 0 radical (unpaired) electrons. The van der Waals surface area contributed by atoms with Crippen LogP contribution in [0.15, 0.2) is 29.4 Å². The monoisotopic (exact) mass is 554 g/mol. The number of aromatic nitrogens is 1. The van der Waals surface area contributed by atoms with Gasteiger partial charge in [-0.15, -0.1) is 11.3 Å². The Kier molecular flexibility index (Phi) is 8.71. The van der Waals surface area contributed by atoms with Gasteiger partial charge >= 0.3 is 6.18 Å². The van der Waals surface area contributed by atoms with Gasteiger partial charge in [-0.05, 0) is 50.6 Å². The zero-order valence-electron chi connectivity index (χ0n) is 22.7. The number of hydrogen-bond acceptors (Lipinski definition) is 6. The van der Waals surface area contributed by atoms with Crippen LogP contribution in [0, 0.1) is 0 Å². The minimum Gasteiger partial charge on any atom is -0.491 e. The molecule has 11 heteroatoms. The molecule has 0 unspecified atom stereocenters. The molecule has 2 fully saturated rings. The standard InChI is InChI=1S/C27H37F3N4O3S/c1-26(2,3)23-16-34(15-20-7-6-12-36-20)25(38-23)31-24(35)21-13-18(27(28,29)30)8-9-22(21)37-17-19-14-32(4)10-11-33(19)5/h8-9,13,16,19-20H,6-7,10-12,14-15,17H2,1-5H3/t19-,20-/m1/s1. The van der Waals surface area contributed by atoms with Gasteiger partial charge < -0.3 is 18.9 Å². The second-order valence-corrected chi connectivity index (χ2v) is 12.3. The number of hydrogen-bond donors (Lipinski definition) is 0. The summed E-state index contributed by atoms with van der Waals surface area (Å²) in [5, 5.41) is 0. The summed E-state index contributed by atoms with van der Waals surface area (Å²) < 4.78 is 54.4. The van der Waals surface area contributed by atoms with E-state index in [0.717, 1.165) is 49.5 Å². The Morgan fingerprint density at radius 2 is 1.97 bits per heavy atom. The molecule has 0 saturated carbocycles. The molecule has 2 saturated heterocycles. The van der Waals surface area contributed by atoms with E-state index in [1.165, 1.54) is 17.4 Å². The van der Waals surface area contributed by atoms with E-state index in [1.807, 2.05) is 24.9 Å². The van der Waals surface area contributed by atoms with Gasteiger partial charge in [0.1, 0.15) is 12.4 Å². The van der Waals surface area contributed by atoms with Gasteiger partial charge in [0, 0.05) is 37.3 Å². The quantitative estimate of drug-likeness (QED) is 0.530. The Morgan fingerprint density at radius 1 is 1.21 bits per heavy atom. The molecule has 2 aromatic rings. The highest BCUT2D eigenvalue weighted by molar-refractivity contribution is 7.09. The fraction of sp³-hybridized carbons (Fsp3) is 0.630. The molecule has 210 valence electrons. The van der Waals surface area contributed by atoms with Gasteiger partial charge in [-0.3, -0.25) is 9.69 Å². The third-order valence-corrected chi connectivity index (χ3v) is 8.48. The number of benzene rings is 1. The number of rotatable bonds is 6. The molecular formula is C27H37F3N4O3S. The zero-order chi connectivity index (χ0) is 27.7. The molecule has 0 spiro atoms. The highest BCUT2D eigenvalue weighted by atomic mass is 32.1. The van der Waals surface area contributed by atoms with Crippen LogP contribution in [0.25, 0.3) is 0 Å². The Morgan fingerprint density at radius 3 is 2.63 bits per heavy atom. The smallest absolute Gasteiger partial charge is 0.416 e. The van der Waals surface area contributed by atoms with Crippen LogP contribution < -0.4 is 9.54 Å². The van der Waals surface area contributed by atoms with Crippen molar-refractivity contribution in [1.82, 2.24) is 14.4 Å². The summed E-state index contributed by atoms with van der Waals surface area (Å²) in [5.74, 6) is -0.657. The van der Waals surface area contributed by atoms with Gasteiger partial charge in [0.2, 0.25) is 0 Å². The van der Waals surface area contributed by atoms with Gasteiger partial charge in [0.05, 0.1) is 29.8 Å². The molecule has 1 aromatic heterocycles. The number of ether oxygens (including phenoxy) is 2. The highest BCUT2D eigenvalue weighted by Crippen LogP contribution is 2.33. The lowest BCUT2D eigenvalue weighted by atomic mass is 9.95. The van der Waals surface area contributed by atoms with E-state index in [2.05, 4.69) is 35.6 Å². The molecule has 38 heavy (non-hydrogen) atoms. The van der Waals surface area contributed by atoms with Crippen LogP contribution in [0.3, 0.4) is 0 Å². The van der Waals surface area contributed by atoms with Crippen molar-refractivity contribution in [3.8, 4) is 5.75 Å². The first-order chi connectivity index (χ1) is 17.8. The van der Waals surface area contributed by atoms with Crippen LogP contribution in [0.2, 0.25) is 0 Å². The van der Waals surface area contributed by atoms with Gasteiger partial charge in [-0.25, -0.2) is 0 Å². The van der Waals surface area contributed by atoms with Gasteiger partial charge in [-0.1, -0.05) is 20.8 Å². The summed E-state index contributed by atoms with van der Waals surface area (Å²) >= 11 is 1.37. The zero-order valence-corrected chi connectivity index (χ0v) is 23.5. The van der Waals surface area contributed by atoms with Crippen molar-refractivity contribution < 1.29 is 27.4 Å². The molecular weight excluding hydrogens is 517 g/mol. The maximum atomic E-state index is 13.6. The minimum absolute atomic E-state index is 0.0181. The van der Waals surface area contributed by atoms with Crippen molar-refractivity contribution in [2.75, 3.05) is 46.9 Å². The van der Waals surface area contributed by atoms with E-state index in [0.29, 0.717) is 18.0 Å². The van der Waals surface area contributed by atoms with Crippen LogP contribution in [0.5, 0.6) is 5.75 Å². The van der Waals surface area contributed by atoms with Gasteiger partial charge in [-0.2, -0.15) is 18.2 Å². The van der Waals surface area contributed by atoms with E-state index < -0.39 is 17.6 Å². The molecule has 7 nitrogen and oxygen atoms in total. The molecule has 0 aliphatic carbocycles. The minimum atomic E-state index is -4.60. The summed E-state index contributed by atoms with van der Waals surface area (Å²) in [7, 11) is 4.01. The average Bonchev–Trinajstić information content (AvgIpc) is 3.49. The van der Waals surface area contributed by atoms with Gasteiger partial charge in [0.25, 0.3) is 5.91 Å². The third-order valence-electron chi connectivity index (χ3n) is 7.03. The van der Waals surface area contributed by atoms with E-state index in [9.17, 15) is 18.0 Å². The maximum Gasteiger partial charge on any atom is 0.416 e. The lowest BCUT2D eigenvalue weighted by Crippen LogP contribution is -2.52. The number of thiazole rings is 1. The first kappa shape index (κ1) is 28.8. The molecule has 2 aliphatic rings. The summed E-state index contributed by atoms with van der Waals surface area (Å²) in [5.41, 5.74) is -1.28. The van der Waals surface area contributed by atoms with Crippen LogP contribution in [0.4, 0.5) is 13.2 Å². The van der Waals surface area contributed by atoms with Crippen molar-refractivity contribution >= 4 is 17.2 Å². The summed E-state index contributed by atoms with van der Waals surface area (Å²) in [6.45, 7) is 10.2. The molecule has 4 rings (SSSR count). The van der Waals surface area contributed by atoms with Crippen molar-refractivity contribution in [2.24, 2.45) is 4.99 Å². The summed E-state index contributed by atoms with van der Waals surface area (Å²) in [6.07, 6.45) is -0.717. The van der Waals surface area contributed by atoms with Crippen LogP contribution in [-0.2, 0) is 22.9 Å². The normalized spacial score (nSPS) is 22.3. The Balaban J connectivity index is 1.68. The van der Waals surface area contributed by atoms with Gasteiger partial charge in [0.15, 0.2) is 4.80 Å². The van der Waals surface area contributed by atoms with Crippen molar-refractivity contribution in [3.63, 3.8) is 0 Å². The third kappa shape index (κ3) is 7.05. The van der Waals surface area contributed by atoms with Crippen LogP contribution >= 0.6 is 11.3 Å². The fourth-order valence-corrected chi connectivity index (χ4v) is 5.62. The Hall–Kier alpha value is -2.21. The molecule has 2 atom stereocenters. The number of alkyl halides is 3. The average molecular weight is 555 g/mol. The topological polar surface area (TPSA) is 59.3 Å². The van der Waals surface area contributed by atoms with Crippen LogP contribution in [-0.4, -0.2) is 79.4 Å². The SMILES string of the molecule is CN1CCN(C)[C@@H](COc2ccc(C(F)(F)F)cc2C(=O)N=c2sc(C(C)(C)C)cn2C[C@H]2CCCO2)C1. The summed E-state index contributed by atoms with van der Waals surface area (Å²) in [6, 6.07) is 3.08. The van der Waals surface area contributed by atoms with E-state index in [1.54, 1.807) is 0 Å². The fourth-order valence-electron chi connectivity index (χ4n) is 4.57.